The normalized spacial score (nSPS) is 14.6. The van der Waals surface area contributed by atoms with Crippen LogP contribution >= 0.6 is 7.82 Å². The van der Waals surface area contributed by atoms with Crippen molar-refractivity contribution >= 4 is 19.8 Å². The molecule has 1 unspecified atom stereocenters. The molecule has 0 aromatic carbocycles. The molecule has 0 heterocycles. The van der Waals surface area contributed by atoms with Crippen LogP contribution in [-0.2, 0) is 32.7 Å². The molecule has 11 heteroatoms. The molecule has 0 rings (SSSR count). The summed E-state index contributed by atoms with van der Waals surface area (Å²) < 4.78 is 32.6. The van der Waals surface area contributed by atoms with Gasteiger partial charge in [-0.25, -0.2) is 4.57 Å². The third-order valence-electron chi connectivity index (χ3n) is 8.16. The Labute approximate surface area is 321 Å². The zero-order valence-corrected chi connectivity index (χ0v) is 33.9. The van der Waals surface area contributed by atoms with E-state index < -0.39 is 51.8 Å². The lowest BCUT2D eigenvalue weighted by atomic mass is 10.1. The van der Waals surface area contributed by atoms with Gasteiger partial charge in [0.25, 0.3) is 0 Å². The topological polar surface area (TPSA) is 149 Å². The van der Waals surface area contributed by atoms with Crippen molar-refractivity contribution in [2.24, 2.45) is 0 Å². The second-order valence-corrected chi connectivity index (χ2v) is 14.7. The van der Waals surface area contributed by atoms with Gasteiger partial charge in [0, 0.05) is 12.8 Å². The molecular formula is C42H73O10P. The van der Waals surface area contributed by atoms with Gasteiger partial charge >= 0.3 is 19.8 Å². The molecule has 3 N–H and O–H groups in total. The Morgan fingerprint density at radius 1 is 0.585 bits per heavy atom. The fourth-order valence-corrected chi connectivity index (χ4v) is 5.81. The van der Waals surface area contributed by atoms with Crippen molar-refractivity contribution in [2.75, 3.05) is 26.4 Å². The molecule has 0 fully saturated rings. The van der Waals surface area contributed by atoms with Crippen LogP contribution < -0.4 is 0 Å². The molecule has 3 atom stereocenters. The summed E-state index contributed by atoms with van der Waals surface area (Å²) in [7, 11) is -4.63. The molecule has 0 aromatic heterocycles. The van der Waals surface area contributed by atoms with Crippen molar-refractivity contribution in [1.82, 2.24) is 0 Å². The number of aliphatic hydroxyl groups is 2. The maximum atomic E-state index is 12.6. The molecule has 0 aromatic rings. The van der Waals surface area contributed by atoms with E-state index >= 15 is 0 Å². The number of carbonyl (C=O) groups is 2. The number of hydrogen-bond acceptors (Lipinski definition) is 9. The van der Waals surface area contributed by atoms with Gasteiger partial charge in [0.1, 0.15) is 12.7 Å². The summed E-state index contributed by atoms with van der Waals surface area (Å²) in [6.45, 7) is 2.17. The molecule has 0 aliphatic carbocycles. The number of phosphoric ester groups is 1. The molecular weight excluding hydrogens is 695 g/mol. The minimum absolute atomic E-state index is 0.129. The second kappa shape index (κ2) is 38.0. The standard InChI is InChI=1S/C42H73O10P/c1-3-5-7-9-11-13-15-17-19-21-23-25-27-29-31-33-41(45)49-37-40(38-51-53(47,48)50-36-39(44)35-43)52-42(46)34-32-30-28-26-24-22-20-18-16-14-12-10-8-6-4-2/h6,8-9,11-12,14,18,20,24,26,39-40,43-44H,3-5,7,10,13,15-17,19,21-23,25,27-38H2,1-2H3,(H,47,48)/b8-6+,11-9+,14-12+,20-18+,26-24+/t39-,40+/m0/s1. The summed E-state index contributed by atoms with van der Waals surface area (Å²) in [6.07, 6.45) is 40.5. The fourth-order valence-electron chi connectivity index (χ4n) is 5.02. The number of unbranched alkanes of at least 4 members (excludes halogenated alkanes) is 13. The van der Waals surface area contributed by atoms with E-state index in [4.69, 9.17) is 19.1 Å². The third-order valence-corrected chi connectivity index (χ3v) is 9.11. The van der Waals surface area contributed by atoms with Crippen LogP contribution in [0.25, 0.3) is 0 Å². The van der Waals surface area contributed by atoms with Crippen LogP contribution in [0.2, 0.25) is 0 Å². The first kappa shape index (κ1) is 50.7. The van der Waals surface area contributed by atoms with Crippen molar-refractivity contribution < 1.29 is 47.8 Å². The van der Waals surface area contributed by atoms with Crippen molar-refractivity contribution in [1.29, 1.82) is 0 Å². The van der Waals surface area contributed by atoms with Gasteiger partial charge in [0.15, 0.2) is 6.10 Å². The van der Waals surface area contributed by atoms with Gasteiger partial charge in [-0.2, -0.15) is 0 Å². The lowest BCUT2D eigenvalue weighted by Gasteiger charge is -2.20. The van der Waals surface area contributed by atoms with E-state index in [1.54, 1.807) is 0 Å². The maximum absolute atomic E-state index is 12.6. The number of esters is 2. The Morgan fingerprint density at radius 3 is 1.62 bits per heavy atom. The van der Waals surface area contributed by atoms with E-state index in [0.717, 1.165) is 57.8 Å². The number of aliphatic hydroxyl groups excluding tert-OH is 2. The van der Waals surface area contributed by atoms with Gasteiger partial charge in [-0.15, -0.1) is 0 Å². The zero-order chi connectivity index (χ0) is 39.1. The highest BCUT2D eigenvalue weighted by Crippen LogP contribution is 2.43. The molecule has 0 spiro atoms. The van der Waals surface area contributed by atoms with Crippen molar-refractivity contribution in [3.05, 3.63) is 60.8 Å². The minimum atomic E-state index is -4.63. The van der Waals surface area contributed by atoms with Crippen LogP contribution in [0.1, 0.15) is 155 Å². The van der Waals surface area contributed by atoms with Gasteiger partial charge in [-0.3, -0.25) is 18.6 Å². The van der Waals surface area contributed by atoms with Crippen LogP contribution in [0.4, 0.5) is 0 Å². The quantitative estimate of drug-likeness (QED) is 0.0241. The summed E-state index contributed by atoms with van der Waals surface area (Å²) in [5.41, 5.74) is 0. The van der Waals surface area contributed by atoms with Crippen molar-refractivity contribution in [3.63, 3.8) is 0 Å². The number of allylic oxidation sites excluding steroid dienone is 10. The molecule has 0 amide bonds. The number of carbonyl (C=O) groups excluding carboxylic acids is 2. The van der Waals surface area contributed by atoms with Gasteiger partial charge < -0.3 is 24.6 Å². The second-order valence-electron chi connectivity index (χ2n) is 13.3. The van der Waals surface area contributed by atoms with E-state index in [1.165, 1.54) is 57.8 Å². The zero-order valence-electron chi connectivity index (χ0n) is 33.0. The lowest BCUT2D eigenvalue weighted by Crippen LogP contribution is -2.29. The van der Waals surface area contributed by atoms with E-state index in [0.29, 0.717) is 12.8 Å². The van der Waals surface area contributed by atoms with Crippen molar-refractivity contribution in [2.45, 2.75) is 167 Å². The summed E-state index contributed by atoms with van der Waals surface area (Å²) in [5, 5.41) is 18.3. The summed E-state index contributed by atoms with van der Waals surface area (Å²) in [5.74, 6) is -0.981. The highest BCUT2D eigenvalue weighted by molar-refractivity contribution is 7.47. The first-order chi connectivity index (χ1) is 25.7. The highest BCUT2D eigenvalue weighted by atomic mass is 31.2. The largest absolute Gasteiger partial charge is 0.472 e. The molecule has 53 heavy (non-hydrogen) atoms. The molecule has 10 nitrogen and oxygen atoms in total. The first-order valence-electron chi connectivity index (χ1n) is 20.2. The fraction of sp³-hybridized carbons (Fsp3) is 0.714. The molecule has 0 aliphatic rings. The number of phosphoric acid groups is 1. The van der Waals surface area contributed by atoms with Gasteiger partial charge in [0.05, 0.1) is 19.8 Å². The molecule has 0 bridgehead atoms. The molecule has 0 radical (unpaired) electrons. The highest BCUT2D eigenvalue weighted by Gasteiger charge is 2.27. The van der Waals surface area contributed by atoms with E-state index in [1.807, 2.05) is 0 Å². The van der Waals surface area contributed by atoms with Crippen molar-refractivity contribution in [3.8, 4) is 0 Å². The van der Waals surface area contributed by atoms with Gasteiger partial charge in [0.2, 0.25) is 0 Å². The smallest absolute Gasteiger partial charge is 0.462 e. The van der Waals surface area contributed by atoms with Crippen LogP contribution in [0.5, 0.6) is 0 Å². The Hall–Kier alpha value is -2.33. The first-order valence-corrected chi connectivity index (χ1v) is 21.7. The Balaban J connectivity index is 4.41. The van der Waals surface area contributed by atoms with E-state index in [2.05, 4.69) is 79.1 Å². The SMILES string of the molecule is CC/C=C/C/C=C/C/C=C/C/C=C/CCCCC(=O)O[C@H](COC(=O)CCCCCCCCCCC/C=C/CCCC)COP(=O)(O)OC[C@@H](O)CO. The average molecular weight is 769 g/mol. The minimum Gasteiger partial charge on any atom is -0.462 e. The number of hydrogen-bond donors (Lipinski definition) is 3. The monoisotopic (exact) mass is 768 g/mol. The Kier molecular flexibility index (Phi) is 36.3. The predicted octanol–water partition coefficient (Wildman–Crippen LogP) is 10.3. The van der Waals surface area contributed by atoms with Gasteiger partial charge in [-0.1, -0.05) is 132 Å². The molecule has 0 saturated heterocycles. The molecule has 306 valence electrons. The van der Waals surface area contributed by atoms with Crippen LogP contribution in [-0.4, -0.2) is 65.7 Å². The maximum Gasteiger partial charge on any atom is 0.472 e. The van der Waals surface area contributed by atoms with Crippen LogP contribution in [0, 0.1) is 0 Å². The third kappa shape index (κ3) is 37.8. The van der Waals surface area contributed by atoms with Crippen LogP contribution in [0.15, 0.2) is 60.8 Å². The molecule has 0 saturated carbocycles. The summed E-state index contributed by atoms with van der Waals surface area (Å²) in [4.78, 5) is 34.9. The number of rotatable bonds is 37. The molecule has 0 aliphatic heterocycles. The lowest BCUT2D eigenvalue weighted by molar-refractivity contribution is -0.161. The predicted molar refractivity (Wildman–Crippen MR) is 214 cm³/mol. The summed E-state index contributed by atoms with van der Waals surface area (Å²) in [6, 6.07) is 0. The average Bonchev–Trinajstić information content (AvgIpc) is 3.14. The van der Waals surface area contributed by atoms with Crippen LogP contribution in [0.3, 0.4) is 0 Å². The number of ether oxygens (including phenoxy) is 2. The van der Waals surface area contributed by atoms with E-state index in [-0.39, 0.29) is 19.4 Å². The Morgan fingerprint density at radius 2 is 1.04 bits per heavy atom. The summed E-state index contributed by atoms with van der Waals surface area (Å²) >= 11 is 0. The van der Waals surface area contributed by atoms with Gasteiger partial charge in [-0.05, 0) is 70.6 Å². The van der Waals surface area contributed by atoms with E-state index in [9.17, 15) is 24.2 Å². The Bertz CT molecular complexity index is 1070.